The normalized spacial score (nSPS) is 10.6. The highest BCUT2D eigenvalue weighted by atomic mass is 16.5. The fraction of sp³-hybridized carbons (Fsp3) is 0.261. The Morgan fingerprint density at radius 1 is 1.00 bits per heavy atom. The molecule has 1 aromatic heterocycles. The summed E-state index contributed by atoms with van der Waals surface area (Å²) in [6.07, 6.45) is 3.80. The molecule has 0 bridgehead atoms. The van der Waals surface area contributed by atoms with Crippen LogP contribution in [0.3, 0.4) is 0 Å². The molecule has 156 valence electrons. The summed E-state index contributed by atoms with van der Waals surface area (Å²) >= 11 is 0. The van der Waals surface area contributed by atoms with Gasteiger partial charge in [-0.05, 0) is 11.6 Å². The van der Waals surface area contributed by atoms with Gasteiger partial charge in [-0.15, -0.1) is 0 Å². The number of hydrogen-bond donors (Lipinski definition) is 2. The van der Waals surface area contributed by atoms with Crippen LogP contribution in [0.1, 0.15) is 32.0 Å². The van der Waals surface area contributed by atoms with E-state index in [1.54, 1.807) is 6.20 Å². The Morgan fingerprint density at radius 2 is 1.70 bits per heavy atom. The molecule has 2 amide bonds. The second kappa shape index (κ2) is 10.2. The lowest BCUT2D eigenvalue weighted by Gasteiger charge is -2.13. The van der Waals surface area contributed by atoms with Crippen LogP contribution >= 0.6 is 0 Å². The first-order valence-electron chi connectivity index (χ1n) is 9.90. The van der Waals surface area contributed by atoms with Crippen LogP contribution < -0.4 is 15.6 Å². The number of nitrogens with zero attached hydrogens (tertiary/aromatic N) is 2. The van der Waals surface area contributed by atoms with Gasteiger partial charge < -0.3 is 9.30 Å². The molecule has 1 heterocycles. The molecule has 0 fully saturated rings. The lowest BCUT2D eigenvalue weighted by Crippen LogP contribution is -2.44. The van der Waals surface area contributed by atoms with Gasteiger partial charge in [0.2, 0.25) is 5.91 Å². The molecule has 0 radical (unpaired) electrons. The number of hydrogen-bond acceptors (Lipinski definition) is 4. The Hall–Kier alpha value is -3.61. The molecule has 0 aliphatic rings. The third-order valence-electron chi connectivity index (χ3n) is 4.52. The molecule has 0 saturated carbocycles. The second-order valence-electron chi connectivity index (χ2n) is 7.13. The molecule has 3 aromatic rings. The van der Waals surface area contributed by atoms with E-state index in [2.05, 4.69) is 29.7 Å². The number of carbonyl (C=O) groups is 2. The molecule has 0 atom stereocenters. The summed E-state index contributed by atoms with van der Waals surface area (Å²) in [5, 5.41) is 0. The van der Waals surface area contributed by atoms with E-state index in [1.807, 2.05) is 65.4 Å². The van der Waals surface area contributed by atoms with Crippen LogP contribution in [-0.4, -0.2) is 28.0 Å². The fourth-order valence-electron chi connectivity index (χ4n) is 3.06. The average Bonchev–Trinajstić information content (AvgIpc) is 3.25. The highest BCUT2D eigenvalue weighted by Gasteiger charge is 2.11. The van der Waals surface area contributed by atoms with Crippen LogP contribution in [0, 0.1) is 0 Å². The van der Waals surface area contributed by atoms with Crippen molar-refractivity contribution in [2.24, 2.45) is 0 Å². The number of imidazole rings is 1. The van der Waals surface area contributed by atoms with Gasteiger partial charge in [0, 0.05) is 36.8 Å². The Kier molecular flexibility index (Phi) is 7.21. The van der Waals surface area contributed by atoms with Gasteiger partial charge in [-0.3, -0.25) is 20.4 Å². The van der Waals surface area contributed by atoms with E-state index in [1.165, 1.54) is 0 Å². The van der Waals surface area contributed by atoms with E-state index < -0.39 is 5.91 Å². The summed E-state index contributed by atoms with van der Waals surface area (Å²) in [7, 11) is 0. The predicted octanol–water partition coefficient (Wildman–Crippen LogP) is 3.29. The lowest BCUT2D eigenvalue weighted by atomic mass is 10.1. The van der Waals surface area contributed by atoms with E-state index in [0.29, 0.717) is 12.3 Å². The first-order valence-corrected chi connectivity index (χ1v) is 9.90. The summed E-state index contributed by atoms with van der Waals surface area (Å²) in [5.74, 6) is 1.09. The minimum Gasteiger partial charge on any atom is -0.483 e. The SMILES string of the molecule is CC(C)c1nccn1CCC(=O)NNC(=O)COc1ccccc1-c1ccccc1. The standard InChI is InChI=1S/C23H26N4O3/c1-17(2)23-24-13-15-27(23)14-12-21(28)25-26-22(29)16-30-20-11-7-6-10-19(20)18-8-4-3-5-9-18/h3-11,13,15,17H,12,14,16H2,1-2H3,(H,25,28)(H,26,29). The third-order valence-corrected chi connectivity index (χ3v) is 4.52. The highest BCUT2D eigenvalue weighted by Crippen LogP contribution is 2.29. The van der Waals surface area contributed by atoms with Crippen molar-refractivity contribution >= 4 is 11.8 Å². The van der Waals surface area contributed by atoms with Crippen LogP contribution in [0.5, 0.6) is 5.75 Å². The first-order chi connectivity index (χ1) is 14.5. The molecule has 7 heteroatoms. The largest absolute Gasteiger partial charge is 0.483 e. The molecule has 3 rings (SSSR count). The van der Waals surface area contributed by atoms with Crippen molar-refractivity contribution < 1.29 is 14.3 Å². The summed E-state index contributed by atoms with van der Waals surface area (Å²) in [6.45, 7) is 4.39. The van der Waals surface area contributed by atoms with Gasteiger partial charge in [-0.1, -0.05) is 62.4 Å². The predicted molar refractivity (Wildman–Crippen MR) is 115 cm³/mol. The molecule has 30 heavy (non-hydrogen) atoms. The Morgan fingerprint density at radius 3 is 2.47 bits per heavy atom. The van der Waals surface area contributed by atoms with Crippen LogP contribution in [0.15, 0.2) is 67.0 Å². The van der Waals surface area contributed by atoms with Crippen LogP contribution in [0.2, 0.25) is 0 Å². The topological polar surface area (TPSA) is 85.3 Å². The van der Waals surface area contributed by atoms with Crippen molar-refractivity contribution in [3.05, 3.63) is 72.8 Å². The average molecular weight is 406 g/mol. The van der Waals surface area contributed by atoms with Gasteiger partial charge >= 0.3 is 0 Å². The number of ether oxygens (including phenoxy) is 1. The first kappa shape index (κ1) is 21.1. The molecular weight excluding hydrogens is 380 g/mol. The van der Waals surface area contributed by atoms with Crippen molar-refractivity contribution in [2.75, 3.05) is 6.61 Å². The fourth-order valence-corrected chi connectivity index (χ4v) is 3.06. The monoisotopic (exact) mass is 406 g/mol. The maximum absolute atomic E-state index is 12.1. The van der Waals surface area contributed by atoms with Gasteiger partial charge in [0.15, 0.2) is 6.61 Å². The number of carbonyl (C=O) groups excluding carboxylic acids is 2. The Balaban J connectivity index is 1.45. The summed E-state index contributed by atoms with van der Waals surface area (Å²) in [5.41, 5.74) is 6.72. The number of hydrazine groups is 1. The second-order valence-corrected chi connectivity index (χ2v) is 7.13. The van der Waals surface area contributed by atoms with Crippen molar-refractivity contribution in [1.29, 1.82) is 0 Å². The number of rotatable bonds is 8. The zero-order chi connectivity index (χ0) is 21.3. The number of benzene rings is 2. The van der Waals surface area contributed by atoms with Gasteiger partial charge in [0.05, 0.1) is 0 Å². The molecule has 2 aromatic carbocycles. The molecule has 0 spiro atoms. The van der Waals surface area contributed by atoms with Crippen LogP contribution in [0.25, 0.3) is 11.1 Å². The summed E-state index contributed by atoms with van der Waals surface area (Å²) in [6, 6.07) is 17.3. The quantitative estimate of drug-likeness (QED) is 0.562. The van der Waals surface area contributed by atoms with Gasteiger partial charge in [-0.2, -0.15) is 0 Å². The van der Waals surface area contributed by atoms with Crippen molar-refractivity contribution in [3.8, 4) is 16.9 Å². The Labute approximate surface area is 176 Å². The number of nitrogens with one attached hydrogen (secondary N) is 2. The number of para-hydroxylation sites is 1. The lowest BCUT2D eigenvalue weighted by molar-refractivity contribution is -0.130. The van der Waals surface area contributed by atoms with E-state index in [-0.39, 0.29) is 24.9 Å². The smallest absolute Gasteiger partial charge is 0.276 e. The minimum absolute atomic E-state index is 0.205. The maximum Gasteiger partial charge on any atom is 0.276 e. The van der Waals surface area contributed by atoms with Gasteiger partial charge in [0.25, 0.3) is 5.91 Å². The zero-order valence-electron chi connectivity index (χ0n) is 17.2. The van der Waals surface area contributed by atoms with Gasteiger partial charge in [0.1, 0.15) is 11.6 Å². The van der Waals surface area contributed by atoms with E-state index >= 15 is 0 Å². The van der Waals surface area contributed by atoms with E-state index in [9.17, 15) is 9.59 Å². The third kappa shape index (κ3) is 5.70. The van der Waals surface area contributed by atoms with Crippen LogP contribution in [0.4, 0.5) is 0 Å². The van der Waals surface area contributed by atoms with Crippen LogP contribution in [-0.2, 0) is 16.1 Å². The molecule has 2 N–H and O–H groups in total. The maximum atomic E-state index is 12.1. The molecular formula is C23H26N4O3. The molecule has 0 aliphatic heterocycles. The molecule has 0 unspecified atom stereocenters. The number of aryl methyl sites for hydroxylation is 1. The van der Waals surface area contributed by atoms with Crippen molar-refractivity contribution in [3.63, 3.8) is 0 Å². The minimum atomic E-state index is -0.434. The molecule has 0 aliphatic carbocycles. The summed E-state index contributed by atoms with van der Waals surface area (Å²) in [4.78, 5) is 28.4. The zero-order valence-corrected chi connectivity index (χ0v) is 17.2. The number of amides is 2. The molecule has 7 nitrogen and oxygen atoms in total. The van der Waals surface area contributed by atoms with Crippen molar-refractivity contribution in [1.82, 2.24) is 20.4 Å². The van der Waals surface area contributed by atoms with Crippen molar-refractivity contribution in [2.45, 2.75) is 32.7 Å². The van der Waals surface area contributed by atoms with Gasteiger partial charge in [-0.25, -0.2) is 4.98 Å². The van der Waals surface area contributed by atoms with E-state index in [0.717, 1.165) is 17.0 Å². The summed E-state index contributed by atoms with van der Waals surface area (Å²) < 4.78 is 7.61. The number of aromatic nitrogens is 2. The highest BCUT2D eigenvalue weighted by molar-refractivity contribution is 5.83. The Bertz CT molecular complexity index is 983. The molecule has 0 saturated heterocycles. The van der Waals surface area contributed by atoms with E-state index in [4.69, 9.17) is 4.74 Å².